The van der Waals surface area contributed by atoms with Crippen molar-refractivity contribution in [2.24, 2.45) is 0 Å². The van der Waals surface area contributed by atoms with Crippen LogP contribution < -0.4 is 14.2 Å². The number of nitrogens with zero attached hydrogens (tertiary/aromatic N) is 2. The van der Waals surface area contributed by atoms with Crippen molar-refractivity contribution in [1.29, 1.82) is 0 Å². The molecule has 3 rings (SSSR count). The van der Waals surface area contributed by atoms with Crippen molar-refractivity contribution >= 4 is 41.3 Å². The van der Waals surface area contributed by atoms with E-state index in [1.165, 1.54) is 37.6 Å². The molecule has 0 bridgehead atoms. The van der Waals surface area contributed by atoms with Crippen molar-refractivity contribution in [2.45, 2.75) is 76.0 Å². The Morgan fingerprint density at radius 1 is 0.886 bits per heavy atom. The zero-order valence-electron chi connectivity index (χ0n) is 21.1. The Balaban J connectivity index is 2.06. The van der Waals surface area contributed by atoms with Crippen molar-refractivity contribution < 1.29 is 28.6 Å². The van der Waals surface area contributed by atoms with Gasteiger partial charge in [-0.15, -0.1) is 0 Å². The van der Waals surface area contributed by atoms with E-state index in [0.717, 1.165) is 43.4 Å². The molecule has 2 amide bonds. The SMILES string of the molecule is CCCCOc1cc(OC)c(OC(C)=O)c2c1SC(=C1C(=O)N(CCCC)N(CCCC)C1=O)S2. The first kappa shape index (κ1) is 27.3. The molecule has 0 atom stereocenters. The van der Waals surface area contributed by atoms with Gasteiger partial charge in [0.2, 0.25) is 0 Å². The number of ether oxygens (including phenoxy) is 3. The molecule has 0 N–H and O–H groups in total. The standard InChI is InChI=1S/C25H34N2O6S2/c1-6-9-12-26-23(29)19(24(30)27(26)13-10-7-2)25-34-21-18(32-14-11-8-3)15-17(31-5)20(22(21)35-25)33-16(4)28/h15H,6-14H2,1-5H3. The van der Waals surface area contributed by atoms with E-state index in [0.29, 0.717) is 40.3 Å². The molecule has 0 unspecified atom stereocenters. The summed E-state index contributed by atoms with van der Waals surface area (Å²) in [6.07, 6.45) is 5.33. The van der Waals surface area contributed by atoms with E-state index in [4.69, 9.17) is 14.2 Å². The molecule has 8 nitrogen and oxygen atoms in total. The molecular weight excluding hydrogens is 488 g/mol. The summed E-state index contributed by atoms with van der Waals surface area (Å²) < 4.78 is 17.6. The number of hydrogen-bond donors (Lipinski definition) is 0. The van der Waals surface area contributed by atoms with Gasteiger partial charge in [-0.2, -0.15) is 0 Å². The Morgan fingerprint density at radius 2 is 1.46 bits per heavy atom. The number of rotatable bonds is 12. The molecule has 0 aromatic heterocycles. The number of hydrogen-bond acceptors (Lipinski definition) is 8. The number of fused-ring (bicyclic) bond motifs is 1. The van der Waals surface area contributed by atoms with Gasteiger partial charge in [0.05, 0.1) is 27.7 Å². The van der Waals surface area contributed by atoms with E-state index in [2.05, 4.69) is 20.8 Å². The second-order valence-electron chi connectivity index (χ2n) is 8.29. The summed E-state index contributed by atoms with van der Waals surface area (Å²) in [4.78, 5) is 40.1. The van der Waals surface area contributed by atoms with Gasteiger partial charge in [0.25, 0.3) is 11.8 Å². The van der Waals surface area contributed by atoms with Gasteiger partial charge in [0.1, 0.15) is 11.3 Å². The summed E-state index contributed by atoms with van der Waals surface area (Å²) in [6.45, 7) is 9.04. The van der Waals surface area contributed by atoms with Crippen LogP contribution in [0, 0.1) is 0 Å². The monoisotopic (exact) mass is 522 g/mol. The lowest BCUT2D eigenvalue weighted by Crippen LogP contribution is -2.42. The second kappa shape index (κ2) is 12.6. The van der Waals surface area contributed by atoms with Crippen LogP contribution >= 0.6 is 23.5 Å². The van der Waals surface area contributed by atoms with Crippen molar-refractivity contribution in [3.8, 4) is 17.2 Å². The van der Waals surface area contributed by atoms with Gasteiger partial charge in [-0.25, -0.2) is 10.0 Å². The zero-order chi connectivity index (χ0) is 25.5. The minimum Gasteiger partial charge on any atom is -0.493 e. The summed E-state index contributed by atoms with van der Waals surface area (Å²) in [5, 5.41) is 3.17. The van der Waals surface area contributed by atoms with Crippen LogP contribution in [-0.4, -0.2) is 54.6 Å². The van der Waals surface area contributed by atoms with E-state index >= 15 is 0 Å². The zero-order valence-corrected chi connectivity index (χ0v) is 22.7. The third-order valence-corrected chi connectivity index (χ3v) is 8.18. The van der Waals surface area contributed by atoms with E-state index in [1.54, 1.807) is 16.1 Å². The highest BCUT2D eigenvalue weighted by molar-refractivity contribution is 8.25. The second-order valence-corrected chi connectivity index (χ2v) is 10.6. The predicted octanol–water partition coefficient (Wildman–Crippen LogP) is 5.39. The molecule has 192 valence electrons. The summed E-state index contributed by atoms with van der Waals surface area (Å²) in [6, 6.07) is 1.70. The fourth-order valence-corrected chi connectivity index (χ4v) is 6.38. The molecule has 1 saturated heterocycles. The number of hydrazine groups is 1. The molecule has 0 spiro atoms. The van der Waals surface area contributed by atoms with Crippen LogP contribution in [0.5, 0.6) is 17.2 Å². The van der Waals surface area contributed by atoms with Crippen LogP contribution in [0.4, 0.5) is 0 Å². The number of unbranched alkanes of at least 4 members (excludes halogenated alkanes) is 3. The van der Waals surface area contributed by atoms with Crippen molar-refractivity contribution in [3.63, 3.8) is 0 Å². The molecule has 35 heavy (non-hydrogen) atoms. The highest BCUT2D eigenvalue weighted by Crippen LogP contribution is 2.61. The van der Waals surface area contributed by atoms with Crippen LogP contribution in [0.1, 0.15) is 66.2 Å². The highest BCUT2D eigenvalue weighted by Gasteiger charge is 2.45. The smallest absolute Gasteiger partial charge is 0.308 e. The topological polar surface area (TPSA) is 85.4 Å². The molecule has 0 radical (unpaired) electrons. The third kappa shape index (κ3) is 5.91. The maximum atomic E-state index is 13.5. The fraction of sp³-hybridized carbons (Fsp3) is 0.560. The van der Waals surface area contributed by atoms with Crippen LogP contribution in [0.2, 0.25) is 0 Å². The third-order valence-electron chi connectivity index (χ3n) is 5.57. The largest absolute Gasteiger partial charge is 0.493 e. The Kier molecular flexibility index (Phi) is 9.80. The number of benzene rings is 1. The molecule has 1 fully saturated rings. The highest BCUT2D eigenvalue weighted by atomic mass is 32.2. The summed E-state index contributed by atoms with van der Waals surface area (Å²) in [7, 11) is 1.50. The first-order valence-electron chi connectivity index (χ1n) is 12.2. The lowest BCUT2D eigenvalue weighted by Gasteiger charge is -2.27. The van der Waals surface area contributed by atoms with E-state index in [-0.39, 0.29) is 23.1 Å². The van der Waals surface area contributed by atoms with E-state index in [1.807, 2.05) is 0 Å². The molecule has 2 heterocycles. The molecule has 2 aliphatic rings. The first-order valence-corrected chi connectivity index (χ1v) is 13.8. The minimum absolute atomic E-state index is 0.163. The van der Waals surface area contributed by atoms with Crippen LogP contribution in [0.3, 0.4) is 0 Å². The quantitative estimate of drug-likeness (QED) is 0.119. The summed E-state index contributed by atoms with van der Waals surface area (Å²) in [5.41, 5.74) is 0.163. The maximum Gasteiger partial charge on any atom is 0.308 e. The maximum absolute atomic E-state index is 13.5. The van der Waals surface area contributed by atoms with Gasteiger partial charge in [0.15, 0.2) is 11.5 Å². The van der Waals surface area contributed by atoms with Gasteiger partial charge in [-0.05, 0) is 19.3 Å². The summed E-state index contributed by atoms with van der Waals surface area (Å²) in [5.74, 6) is 0.172. The van der Waals surface area contributed by atoms with Crippen LogP contribution in [0.25, 0.3) is 0 Å². The molecule has 2 aliphatic heterocycles. The van der Waals surface area contributed by atoms with Gasteiger partial charge in [-0.3, -0.25) is 14.4 Å². The van der Waals surface area contributed by atoms with Crippen molar-refractivity contribution in [1.82, 2.24) is 10.0 Å². The molecule has 10 heteroatoms. The number of thioether (sulfide) groups is 2. The van der Waals surface area contributed by atoms with Gasteiger partial charge < -0.3 is 14.2 Å². The predicted molar refractivity (Wildman–Crippen MR) is 137 cm³/mol. The number of methoxy groups -OCH3 is 1. The molecule has 0 aliphatic carbocycles. The Morgan fingerprint density at radius 3 is 1.97 bits per heavy atom. The van der Waals surface area contributed by atoms with Gasteiger partial charge in [0, 0.05) is 26.1 Å². The lowest BCUT2D eigenvalue weighted by molar-refractivity contribution is -0.147. The van der Waals surface area contributed by atoms with Crippen molar-refractivity contribution in [2.75, 3.05) is 26.8 Å². The van der Waals surface area contributed by atoms with Crippen LogP contribution in [-0.2, 0) is 14.4 Å². The Bertz CT molecular complexity index is 982. The van der Waals surface area contributed by atoms with Crippen molar-refractivity contribution in [3.05, 3.63) is 15.9 Å². The molecule has 1 aromatic carbocycles. The molecular formula is C25H34N2O6S2. The van der Waals surface area contributed by atoms with Crippen LogP contribution in [0.15, 0.2) is 25.7 Å². The summed E-state index contributed by atoms with van der Waals surface area (Å²) >= 11 is 2.57. The molecule has 0 saturated carbocycles. The Labute approximate surface area is 215 Å². The average molecular weight is 523 g/mol. The number of esters is 1. The number of amides is 2. The minimum atomic E-state index is -0.485. The Hall–Kier alpha value is -2.33. The molecule has 1 aromatic rings. The van der Waals surface area contributed by atoms with Gasteiger partial charge in [-0.1, -0.05) is 63.6 Å². The normalized spacial score (nSPS) is 15.2. The van der Waals surface area contributed by atoms with E-state index in [9.17, 15) is 14.4 Å². The van der Waals surface area contributed by atoms with Gasteiger partial charge >= 0.3 is 5.97 Å². The average Bonchev–Trinajstić information content (AvgIpc) is 3.36. The first-order chi connectivity index (χ1) is 16.9. The fourth-order valence-electron chi connectivity index (χ4n) is 3.70. The number of carbonyl (C=O) groups is 3. The van der Waals surface area contributed by atoms with E-state index < -0.39 is 5.97 Å². The number of carbonyl (C=O) groups excluding carboxylic acids is 3. The lowest BCUT2D eigenvalue weighted by atomic mass is 10.3.